The third-order valence-corrected chi connectivity index (χ3v) is 2.59. The van der Waals surface area contributed by atoms with Crippen LogP contribution in [0.5, 0.6) is 5.75 Å². The molecule has 1 aromatic carbocycles. The first-order valence-corrected chi connectivity index (χ1v) is 5.75. The molecule has 0 aliphatic rings. The molecule has 0 heterocycles. The minimum atomic E-state index is -0.626. The number of rotatable bonds is 3. The summed E-state index contributed by atoms with van der Waals surface area (Å²) in [4.78, 5) is 11.5. The van der Waals surface area contributed by atoms with E-state index in [-0.39, 0.29) is 23.5 Å². The van der Waals surface area contributed by atoms with Crippen LogP contribution >= 0.6 is 15.9 Å². The Morgan fingerprint density at radius 2 is 2.31 bits per heavy atom. The lowest BCUT2D eigenvalue weighted by Crippen LogP contribution is -2.06. The van der Waals surface area contributed by atoms with Gasteiger partial charge in [0.2, 0.25) is 0 Å². The van der Waals surface area contributed by atoms with Crippen molar-refractivity contribution in [2.24, 2.45) is 0 Å². The molecule has 0 atom stereocenters. The Morgan fingerprint density at radius 1 is 1.62 bits per heavy atom. The Kier molecular flexibility index (Phi) is 4.32. The summed E-state index contributed by atoms with van der Waals surface area (Å²) < 4.78 is 4.78. The number of phenols is 1. The van der Waals surface area contributed by atoms with Crippen molar-refractivity contribution in [2.75, 3.05) is 6.61 Å². The fourth-order valence-electron chi connectivity index (χ4n) is 1.22. The normalized spacial score (nSPS) is 9.56. The molecular formula is C11H10BrNO3. The standard InChI is InChI=1S/C11H10BrNO3/c1-2-16-11(15)9-4-7(5-12)3-8(6-13)10(9)14/h3-4,14H,2,5H2,1H3. The van der Waals surface area contributed by atoms with Gasteiger partial charge in [0.1, 0.15) is 17.4 Å². The Hall–Kier alpha value is -1.54. The molecule has 0 bridgehead atoms. The molecule has 1 rings (SSSR count). The van der Waals surface area contributed by atoms with Crippen LogP contribution in [0.3, 0.4) is 0 Å². The van der Waals surface area contributed by atoms with Crippen molar-refractivity contribution < 1.29 is 14.6 Å². The van der Waals surface area contributed by atoms with Gasteiger partial charge in [0.25, 0.3) is 0 Å². The van der Waals surface area contributed by atoms with E-state index in [0.29, 0.717) is 5.33 Å². The zero-order chi connectivity index (χ0) is 12.1. The number of carbonyl (C=O) groups excluding carboxylic acids is 1. The Morgan fingerprint density at radius 3 is 2.81 bits per heavy atom. The average Bonchev–Trinajstić information content (AvgIpc) is 2.29. The summed E-state index contributed by atoms with van der Waals surface area (Å²) in [5, 5.41) is 19.0. The van der Waals surface area contributed by atoms with Gasteiger partial charge in [0.15, 0.2) is 0 Å². The monoisotopic (exact) mass is 283 g/mol. The summed E-state index contributed by atoms with van der Waals surface area (Å²) in [5.41, 5.74) is 0.827. The molecule has 0 saturated carbocycles. The minimum Gasteiger partial charge on any atom is -0.506 e. The van der Waals surface area contributed by atoms with Crippen molar-refractivity contribution in [1.29, 1.82) is 5.26 Å². The minimum absolute atomic E-state index is 0.0235. The number of carbonyl (C=O) groups is 1. The van der Waals surface area contributed by atoms with Gasteiger partial charge in [0, 0.05) is 5.33 Å². The first kappa shape index (κ1) is 12.5. The highest BCUT2D eigenvalue weighted by molar-refractivity contribution is 9.08. The number of alkyl halides is 1. The number of hydrogen-bond acceptors (Lipinski definition) is 4. The summed E-state index contributed by atoms with van der Waals surface area (Å²) in [6, 6.07) is 4.85. The second-order valence-electron chi connectivity index (χ2n) is 3.01. The Labute approximate surface area is 102 Å². The van der Waals surface area contributed by atoms with Crippen LogP contribution in [0, 0.1) is 11.3 Å². The van der Waals surface area contributed by atoms with Crippen molar-refractivity contribution in [3.63, 3.8) is 0 Å². The third-order valence-electron chi connectivity index (χ3n) is 1.94. The quantitative estimate of drug-likeness (QED) is 0.683. The van der Waals surface area contributed by atoms with Crippen molar-refractivity contribution in [3.8, 4) is 11.8 Å². The molecule has 0 fully saturated rings. The highest BCUT2D eigenvalue weighted by Crippen LogP contribution is 2.25. The lowest BCUT2D eigenvalue weighted by molar-refractivity contribution is 0.0523. The summed E-state index contributed by atoms with van der Waals surface area (Å²) in [7, 11) is 0. The van der Waals surface area contributed by atoms with E-state index in [9.17, 15) is 9.90 Å². The van der Waals surface area contributed by atoms with Gasteiger partial charge in [0.05, 0.1) is 12.2 Å². The first-order valence-electron chi connectivity index (χ1n) is 4.63. The summed E-state index contributed by atoms with van der Waals surface area (Å²) >= 11 is 3.22. The van der Waals surface area contributed by atoms with Crippen LogP contribution in [-0.4, -0.2) is 17.7 Å². The van der Waals surface area contributed by atoms with E-state index < -0.39 is 5.97 Å². The topological polar surface area (TPSA) is 70.3 Å². The summed E-state index contributed by atoms with van der Waals surface area (Å²) in [6.07, 6.45) is 0. The molecule has 0 amide bonds. The number of ether oxygens (including phenoxy) is 1. The lowest BCUT2D eigenvalue weighted by atomic mass is 10.1. The van der Waals surface area contributed by atoms with E-state index in [1.54, 1.807) is 6.92 Å². The number of phenolic OH excluding ortho intramolecular Hbond substituents is 1. The molecule has 1 N–H and O–H groups in total. The number of hydrogen-bond donors (Lipinski definition) is 1. The Balaban J connectivity index is 3.27. The van der Waals surface area contributed by atoms with Gasteiger partial charge in [-0.25, -0.2) is 4.79 Å². The smallest absolute Gasteiger partial charge is 0.341 e. The molecule has 0 aliphatic heterocycles. The van der Waals surface area contributed by atoms with E-state index in [1.165, 1.54) is 12.1 Å². The molecule has 0 radical (unpaired) electrons. The Bertz CT molecular complexity index is 451. The van der Waals surface area contributed by atoms with Gasteiger partial charge in [-0.05, 0) is 24.6 Å². The van der Waals surface area contributed by atoms with Gasteiger partial charge < -0.3 is 9.84 Å². The molecule has 0 saturated heterocycles. The molecule has 16 heavy (non-hydrogen) atoms. The third kappa shape index (κ3) is 2.52. The predicted octanol–water partition coefficient (Wildman–Crippen LogP) is 2.34. The predicted molar refractivity (Wildman–Crippen MR) is 61.4 cm³/mol. The molecular weight excluding hydrogens is 274 g/mol. The van der Waals surface area contributed by atoms with Crippen LogP contribution in [0.4, 0.5) is 0 Å². The fraction of sp³-hybridized carbons (Fsp3) is 0.273. The molecule has 0 aromatic heterocycles. The molecule has 4 nitrogen and oxygen atoms in total. The number of halogens is 1. The van der Waals surface area contributed by atoms with E-state index in [2.05, 4.69) is 15.9 Å². The average molecular weight is 284 g/mol. The number of nitriles is 1. The number of esters is 1. The van der Waals surface area contributed by atoms with Gasteiger partial charge in [-0.15, -0.1) is 0 Å². The summed E-state index contributed by atoms with van der Waals surface area (Å²) in [5.74, 6) is -0.954. The van der Waals surface area contributed by atoms with E-state index in [0.717, 1.165) is 5.56 Å². The van der Waals surface area contributed by atoms with Gasteiger partial charge in [-0.3, -0.25) is 0 Å². The van der Waals surface area contributed by atoms with Crippen LogP contribution in [0.25, 0.3) is 0 Å². The van der Waals surface area contributed by atoms with Crippen molar-refractivity contribution >= 4 is 21.9 Å². The fourth-order valence-corrected chi connectivity index (χ4v) is 1.54. The van der Waals surface area contributed by atoms with Crippen molar-refractivity contribution in [1.82, 2.24) is 0 Å². The number of aromatic hydroxyl groups is 1. The maximum atomic E-state index is 11.5. The molecule has 1 aromatic rings. The second-order valence-corrected chi connectivity index (χ2v) is 3.57. The van der Waals surface area contributed by atoms with E-state index in [1.807, 2.05) is 6.07 Å². The largest absolute Gasteiger partial charge is 0.506 e. The first-order chi connectivity index (χ1) is 7.63. The van der Waals surface area contributed by atoms with Crippen molar-refractivity contribution in [3.05, 3.63) is 28.8 Å². The molecule has 0 spiro atoms. The van der Waals surface area contributed by atoms with Crippen LogP contribution in [0.1, 0.15) is 28.4 Å². The molecule has 84 valence electrons. The molecule has 0 aliphatic carbocycles. The van der Waals surface area contributed by atoms with Crippen molar-refractivity contribution in [2.45, 2.75) is 12.3 Å². The van der Waals surface area contributed by atoms with Crippen LogP contribution < -0.4 is 0 Å². The zero-order valence-electron chi connectivity index (χ0n) is 8.66. The highest BCUT2D eigenvalue weighted by atomic mass is 79.9. The number of nitrogens with zero attached hydrogens (tertiary/aromatic N) is 1. The molecule has 5 heteroatoms. The van der Waals surface area contributed by atoms with Gasteiger partial charge in [-0.2, -0.15) is 5.26 Å². The van der Waals surface area contributed by atoms with Crippen LogP contribution in [-0.2, 0) is 10.1 Å². The van der Waals surface area contributed by atoms with Crippen LogP contribution in [0.15, 0.2) is 12.1 Å². The second kappa shape index (κ2) is 5.52. The summed E-state index contributed by atoms with van der Waals surface area (Å²) in [6.45, 7) is 1.90. The van der Waals surface area contributed by atoms with Gasteiger partial charge in [-0.1, -0.05) is 15.9 Å². The van der Waals surface area contributed by atoms with Gasteiger partial charge >= 0.3 is 5.97 Å². The highest BCUT2D eigenvalue weighted by Gasteiger charge is 2.16. The van der Waals surface area contributed by atoms with Crippen LogP contribution in [0.2, 0.25) is 0 Å². The maximum absolute atomic E-state index is 11.5. The number of benzene rings is 1. The van der Waals surface area contributed by atoms with E-state index >= 15 is 0 Å². The molecule has 0 unspecified atom stereocenters. The zero-order valence-corrected chi connectivity index (χ0v) is 10.2. The maximum Gasteiger partial charge on any atom is 0.341 e. The van der Waals surface area contributed by atoms with E-state index in [4.69, 9.17) is 10.00 Å². The SMILES string of the molecule is CCOC(=O)c1cc(CBr)cc(C#N)c1O. The lowest BCUT2D eigenvalue weighted by Gasteiger charge is -2.07.